The molecular formula is C12H11ClN2O4S2. The van der Waals surface area contributed by atoms with Gasteiger partial charge in [0.1, 0.15) is 9.90 Å². The van der Waals surface area contributed by atoms with E-state index in [-0.39, 0.29) is 22.0 Å². The highest BCUT2D eigenvalue weighted by molar-refractivity contribution is 7.89. The maximum Gasteiger partial charge on any atom is 0.335 e. The number of aromatic carboxylic acids is 1. The molecule has 0 fully saturated rings. The topological polar surface area (TPSA) is 87.6 Å². The van der Waals surface area contributed by atoms with E-state index in [1.807, 2.05) is 0 Å². The molecule has 1 heterocycles. The van der Waals surface area contributed by atoms with Crippen molar-refractivity contribution in [1.82, 2.24) is 9.29 Å². The van der Waals surface area contributed by atoms with Gasteiger partial charge in [-0.15, -0.1) is 11.3 Å². The van der Waals surface area contributed by atoms with Crippen LogP contribution in [-0.4, -0.2) is 35.8 Å². The Labute approximate surface area is 130 Å². The van der Waals surface area contributed by atoms with Gasteiger partial charge in [0.15, 0.2) is 0 Å². The molecule has 1 aromatic carbocycles. The Morgan fingerprint density at radius 2 is 2.19 bits per heavy atom. The molecule has 0 radical (unpaired) electrons. The van der Waals surface area contributed by atoms with Crippen LogP contribution in [-0.2, 0) is 16.6 Å². The molecule has 0 spiro atoms. The van der Waals surface area contributed by atoms with Crippen molar-refractivity contribution in [1.29, 1.82) is 0 Å². The third-order valence-corrected chi connectivity index (χ3v) is 5.76. The number of halogens is 1. The first kappa shape index (κ1) is 15.9. The summed E-state index contributed by atoms with van der Waals surface area (Å²) in [5.74, 6) is -1.17. The summed E-state index contributed by atoms with van der Waals surface area (Å²) in [5.41, 5.74) is -0.0680. The number of carbonyl (C=O) groups is 1. The molecule has 2 rings (SSSR count). The van der Waals surface area contributed by atoms with Crippen LogP contribution in [0.15, 0.2) is 34.7 Å². The summed E-state index contributed by atoms with van der Waals surface area (Å²) in [6.45, 7) is 0.122. The molecule has 0 bridgehead atoms. The van der Waals surface area contributed by atoms with Crippen molar-refractivity contribution in [2.45, 2.75) is 11.4 Å². The van der Waals surface area contributed by atoms with E-state index >= 15 is 0 Å². The van der Waals surface area contributed by atoms with E-state index in [2.05, 4.69) is 4.98 Å². The van der Waals surface area contributed by atoms with Crippen LogP contribution in [0, 0.1) is 0 Å². The zero-order valence-corrected chi connectivity index (χ0v) is 13.2. The fourth-order valence-corrected chi connectivity index (χ4v) is 4.01. The van der Waals surface area contributed by atoms with Crippen LogP contribution in [0.1, 0.15) is 15.4 Å². The second kappa shape index (κ2) is 6.10. The third kappa shape index (κ3) is 3.41. The maximum absolute atomic E-state index is 12.4. The molecule has 1 N–H and O–H groups in total. The van der Waals surface area contributed by atoms with Gasteiger partial charge in [-0.2, -0.15) is 4.31 Å². The van der Waals surface area contributed by atoms with Gasteiger partial charge < -0.3 is 5.11 Å². The molecule has 0 saturated carbocycles. The number of carboxylic acid groups (broad SMARTS) is 1. The SMILES string of the molecule is CN(Cc1nccs1)S(=O)(=O)c1ccc(C(=O)O)cc1Cl. The summed E-state index contributed by atoms with van der Waals surface area (Å²) < 4.78 is 26.0. The van der Waals surface area contributed by atoms with Crippen LogP contribution in [0.25, 0.3) is 0 Å². The van der Waals surface area contributed by atoms with Gasteiger partial charge in [0.2, 0.25) is 10.0 Å². The highest BCUT2D eigenvalue weighted by atomic mass is 35.5. The van der Waals surface area contributed by atoms with Crippen LogP contribution >= 0.6 is 22.9 Å². The number of thiazole rings is 1. The van der Waals surface area contributed by atoms with Crippen molar-refractivity contribution in [2.24, 2.45) is 0 Å². The van der Waals surface area contributed by atoms with Crippen LogP contribution < -0.4 is 0 Å². The quantitative estimate of drug-likeness (QED) is 0.897. The van der Waals surface area contributed by atoms with Crippen molar-refractivity contribution in [2.75, 3.05) is 7.05 Å². The van der Waals surface area contributed by atoms with E-state index < -0.39 is 16.0 Å². The van der Waals surface area contributed by atoms with E-state index in [9.17, 15) is 13.2 Å². The lowest BCUT2D eigenvalue weighted by Gasteiger charge is -2.17. The number of rotatable bonds is 5. The van der Waals surface area contributed by atoms with Crippen molar-refractivity contribution < 1.29 is 18.3 Å². The van der Waals surface area contributed by atoms with Crippen molar-refractivity contribution in [3.05, 3.63) is 45.4 Å². The number of aromatic nitrogens is 1. The second-order valence-corrected chi connectivity index (χ2v) is 7.54. The summed E-state index contributed by atoms with van der Waals surface area (Å²) in [7, 11) is -2.40. The maximum atomic E-state index is 12.4. The Hall–Kier alpha value is -1.48. The Morgan fingerprint density at radius 3 is 2.71 bits per heavy atom. The second-order valence-electron chi connectivity index (χ2n) is 4.14. The molecule has 0 unspecified atom stereocenters. The lowest BCUT2D eigenvalue weighted by molar-refractivity contribution is 0.0696. The average molecular weight is 347 g/mol. The first-order valence-corrected chi connectivity index (χ1v) is 8.39. The first-order chi connectivity index (χ1) is 9.82. The minimum Gasteiger partial charge on any atom is -0.478 e. The Kier molecular flexibility index (Phi) is 4.62. The first-order valence-electron chi connectivity index (χ1n) is 5.70. The van der Waals surface area contributed by atoms with E-state index in [1.54, 1.807) is 11.6 Å². The van der Waals surface area contributed by atoms with E-state index in [0.717, 1.165) is 10.4 Å². The summed E-state index contributed by atoms with van der Waals surface area (Å²) in [6, 6.07) is 3.52. The van der Waals surface area contributed by atoms with Crippen LogP contribution in [0.2, 0.25) is 5.02 Å². The standard InChI is InChI=1S/C12H11ClN2O4S2/c1-15(7-11-14-4-5-20-11)21(18,19)10-3-2-8(12(16)17)6-9(10)13/h2-6H,7H2,1H3,(H,16,17). The smallest absolute Gasteiger partial charge is 0.335 e. The third-order valence-electron chi connectivity index (χ3n) is 2.71. The molecule has 6 nitrogen and oxygen atoms in total. The normalized spacial score (nSPS) is 11.8. The lowest BCUT2D eigenvalue weighted by Crippen LogP contribution is -2.26. The van der Waals surface area contributed by atoms with Gasteiger partial charge in [-0.05, 0) is 18.2 Å². The Balaban J connectivity index is 2.33. The largest absolute Gasteiger partial charge is 0.478 e. The molecule has 9 heteroatoms. The molecule has 21 heavy (non-hydrogen) atoms. The van der Waals surface area contributed by atoms with Crippen molar-refractivity contribution in [3.63, 3.8) is 0 Å². The number of hydrogen-bond donors (Lipinski definition) is 1. The molecule has 0 aliphatic heterocycles. The average Bonchev–Trinajstić information content (AvgIpc) is 2.90. The van der Waals surface area contributed by atoms with Crippen LogP contribution in [0.4, 0.5) is 0 Å². The van der Waals surface area contributed by atoms with E-state index in [4.69, 9.17) is 16.7 Å². The number of nitrogens with zero attached hydrogens (tertiary/aromatic N) is 2. The zero-order valence-electron chi connectivity index (χ0n) is 10.9. The fraction of sp³-hybridized carbons (Fsp3) is 0.167. The molecule has 0 saturated heterocycles. The molecule has 0 aliphatic carbocycles. The monoisotopic (exact) mass is 346 g/mol. The van der Waals surface area contributed by atoms with Gasteiger partial charge in [0.25, 0.3) is 0 Å². The van der Waals surface area contributed by atoms with Gasteiger partial charge in [-0.25, -0.2) is 18.2 Å². The summed E-state index contributed by atoms with van der Waals surface area (Å²) in [6.07, 6.45) is 1.59. The number of sulfonamides is 1. The zero-order chi connectivity index (χ0) is 15.6. The number of hydrogen-bond acceptors (Lipinski definition) is 5. The van der Waals surface area contributed by atoms with Crippen molar-refractivity contribution in [3.8, 4) is 0 Å². The Morgan fingerprint density at radius 1 is 1.48 bits per heavy atom. The van der Waals surface area contributed by atoms with Gasteiger partial charge >= 0.3 is 5.97 Å². The summed E-state index contributed by atoms with van der Waals surface area (Å²) >= 11 is 7.25. The molecule has 112 valence electrons. The molecule has 0 amide bonds. The van der Waals surface area contributed by atoms with Crippen molar-refractivity contribution >= 4 is 38.9 Å². The molecule has 0 atom stereocenters. The van der Waals surface area contributed by atoms with E-state index in [0.29, 0.717) is 5.01 Å². The minimum absolute atomic E-state index is 0.0680. The number of benzene rings is 1. The van der Waals surface area contributed by atoms with E-state index in [1.165, 1.54) is 30.5 Å². The van der Waals surface area contributed by atoms with Crippen LogP contribution in [0.3, 0.4) is 0 Å². The Bertz CT molecular complexity index is 760. The van der Waals surface area contributed by atoms with Gasteiger partial charge in [-0.3, -0.25) is 0 Å². The van der Waals surface area contributed by atoms with Gasteiger partial charge in [-0.1, -0.05) is 11.6 Å². The predicted octanol–water partition coefficient (Wildman–Crippen LogP) is 2.32. The predicted molar refractivity (Wildman–Crippen MR) is 79.2 cm³/mol. The van der Waals surface area contributed by atoms with Crippen LogP contribution in [0.5, 0.6) is 0 Å². The lowest BCUT2D eigenvalue weighted by atomic mass is 10.2. The van der Waals surface area contributed by atoms with Gasteiger partial charge in [0, 0.05) is 18.6 Å². The van der Waals surface area contributed by atoms with Gasteiger partial charge in [0.05, 0.1) is 17.1 Å². The summed E-state index contributed by atoms with van der Waals surface area (Å²) in [4.78, 5) is 14.7. The highest BCUT2D eigenvalue weighted by Crippen LogP contribution is 2.26. The minimum atomic E-state index is -3.81. The highest BCUT2D eigenvalue weighted by Gasteiger charge is 2.25. The summed E-state index contributed by atoms with van der Waals surface area (Å²) in [5, 5.41) is 11.1. The number of carboxylic acids is 1. The fourth-order valence-electron chi connectivity index (χ4n) is 1.62. The molecule has 0 aliphatic rings. The molecule has 1 aromatic heterocycles. The molecular weight excluding hydrogens is 336 g/mol. The molecule has 2 aromatic rings.